The molecule has 3 N–H and O–H groups in total. The summed E-state index contributed by atoms with van der Waals surface area (Å²) in [5.74, 6) is 0.695. The normalized spacial score (nSPS) is 17.1. The standard InChI is InChI=1S/C28H31FN6O7S/c1-39-22-11-18-21(12-20(22)30-25-13-19(31-32-25)15-6-7-15)42-33-27(18)34-43(37,38)26-23(40-2)9-16(10-24(26)41-3)28(36)35-8-4-5-17(29)14-35/h9-13,15,17H,4-8,14H2,1-3H3,(H,33,34)(H2,30,31,32)/t17-/m0/s1. The number of alkyl halides is 1. The minimum Gasteiger partial charge on any atom is -0.495 e. The van der Waals surface area contributed by atoms with E-state index in [1.165, 1.54) is 38.4 Å². The Bertz CT molecular complexity index is 1760. The van der Waals surface area contributed by atoms with Gasteiger partial charge in [0.15, 0.2) is 22.1 Å². The number of ether oxygens (including phenoxy) is 3. The van der Waals surface area contributed by atoms with Crippen LogP contribution in [-0.2, 0) is 10.0 Å². The third-order valence-electron chi connectivity index (χ3n) is 7.53. The molecule has 2 aliphatic rings. The second-order valence-electron chi connectivity index (χ2n) is 10.5. The number of sulfonamides is 1. The molecule has 1 saturated carbocycles. The van der Waals surface area contributed by atoms with Crippen LogP contribution in [0.2, 0.25) is 0 Å². The summed E-state index contributed by atoms with van der Waals surface area (Å²) in [5, 5.41) is 14.8. The smallest absolute Gasteiger partial charge is 0.270 e. The van der Waals surface area contributed by atoms with Gasteiger partial charge in [-0.15, -0.1) is 0 Å². The highest BCUT2D eigenvalue weighted by Gasteiger charge is 2.31. The molecule has 0 unspecified atom stereocenters. The van der Waals surface area contributed by atoms with Crippen LogP contribution in [0, 0.1) is 0 Å². The fraction of sp³-hybridized carbons (Fsp3) is 0.393. The van der Waals surface area contributed by atoms with Gasteiger partial charge < -0.3 is 29.0 Å². The first-order chi connectivity index (χ1) is 20.7. The summed E-state index contributed by atoms with van der Waals surface area (Å²) >= 11 is 0. The first-order valence-corrected chi connectivity index (χ1v) is 15.2. The van der Waals surface area contributed by atoms with Crippen molar-refractivity contribution < 1.29 is 36.3 Å². The van der Waals surface area contributed by atoms with Crippen LogP contribution in [0.3, 0.4) is 0 Å². The first kappa shape index (κ1) is 28.6. The van der Waals surface area contributed by atoms with Gasteiger partial charge >= 0.3 is 0 Å². The SMILES string of the molecule is COc1cc2c(NS(=O)(=O)c3c(OC)cc(C(=O)N4CCC[C@H](F)C4)cc3OC)noc2cc1Nc1cc(C2CC2)[nH]n1. The molecule has 0 spiro atoms. The number of benzene rings is 2. The maximum atomic E-state index is 13.9. The summed E-state index contributed by atoms with van der Waals surface area (Å²) in [7, 11) is -0.354. The van der Waals surface area contributed by atoms with Gasteiger partial charge in [0.1, 0.15) is 23.4 Å². The van der Waals surface area contributed by atoms with Crippen molar-refractivity contribution in [3.8, 4) is 17.2 Å². The molecule has 0 bridgehead atoms. The number of piperidine rings is 1. The van der Waals surface area contributed by atoms with Gasteiger partial charge in [0, 0.05) is 35.9 Å². The van der Waals surface area contributed by atoms with E-state index in [2.05, 4.69) is 25.4 Å². The second kappa shape index (κ2) is 11.3. The zero-order valence-corrected chi connectivity index (χ0v) is 24.6. The van der Waals surface area contributed by atoms with Crippen LogP contribution >= 0.6 is 0 Å². The van der Waals surface area contributed by atoms with Crippen LogP contribution in [0.15, 0.2) is 39.8 Å². The molecule has 1 amide bonds. The van der Waals surface area contributed by atoms with E-state index in [0.717, 1.165) is 18.5 Å². The van der Waals surface area contributed by atoms with Crippen molar-refractivity contribution in [2.75, 3.05) is 44.5 Å². The number of amides is 1. The summed E-state index contributed by atoms with van der Waals surface area (Å²) in [4.78, 5) is 14.2. The molecular formula is C28H31FN6O7S. The van der Waals surface area contributed by atoms with E-state index in [9.17, 15) is 17.6 Å². The number of aromatic amines is 1. The molecule has 4 aromatic rings. The number of nitrogens with one attached hydrogen (secondary N) is 3. The van der Waals surface area contributed by atoms with E-state index in [-0.39, 0.29) is 39.9 Å². The molecule has 1 saturated heterocycles. The fourth-order valence-electron chi connectivity index (χ4n) is 5.19. The molecule has 228 valence electrons. The van der Waals surface area contributed by atoms with Crippen molar-refractivity contribution in [2.45, 2.75) is 42.7 Å². The number of nitrogens with zero attached hydrogens (tertiary/aromatic N) is 3. The van der Waals surface area contributed by atoms with Gasteiger partial charge in [0.05, 0.1) is 38.9 Å². The molecule has 2 aromatic carbocycles. The van der Waals surface area contributed by atoms with Crippen molar-refractivity contribution in [1.29, 1.82) is 0 Å². The topological polar surface area (TPSA) is 161 Å². The average Bonchev–Trinajstić information content (AvgIpc) is 3.64. The predicted molar refractivity (Wildman–Crippen MR) is 155 cm³/mol. The Balaban J connectivity index is 1.30. The molecular weight excluding hydrogens is 583 g/mol. The molecule has 1 aliphatic heterocycles. The van der Waals surface area contributed by atoms with Gasteiger partial charge in [-0.3, -0.25) is 14.6 Å². The van der Waals surface area contributed by atoms with Gasteiger partial charge in [-0.05, 0) is 43.9 Å². The summed E-state index contributed by atoms with van der Waals surface area (Å²) in [6.07, 6.45) is 2.08. The third-order valence-corrected chi connectivity index (χ3v) is 8.93. The second-order valence-corrected chi connectivity index (χ2v) is 12.1. The van der Waals surface area contributed by atoms with Crippen molar-refractivity contribution >= 4 is 44.2 Å². The number of carbonyl (C=O) groups is 1. The Labute approximate surface area is 246 Å². The lowest BCUT2D eigenvalue weighted by Crippen LogP contribution is -2.40. The number of carbonyl (C=O) groups excluding carboxylic acids is 1. The quantitative estimate of drug-likeness (QED) is 0.231. The van der Waals surface area contributed by atoms with Gasteiger partial charge in [-0.1, -0.05) is 5.16 Å². The maximum Gasteiger partial charge on any atom is 0.270 e. The molecule has 6 rings (SSSR count). The zero-order chi connectivity index (χ0) is 30.3. The zero-order valence-electron chi connectivity index (χ0n) is 23.8. The Hall–Kier alpha value is -4.53. The molecule has 2 fully saturated rings. The molecule has 0 radical (unpaired) electrons. The average molecular weight is 615 g/mol. The fourth-order valence-corrected chi connectivity index (χ4v) is 6.50. The van der Waals surface area contributed by atoms with E-state index in [4.69, 9.17) is 18.7 Å². The highest BCUT2D eigenvalue weighted by molar-refractivity contribution is 7.93. The van der Waals surface area contributed by atoms with E-state index < -0.39 is 22.1 Å². The predicted octanol–water partition coefficient (Wildman–Crippen LogP) is 4.57. The summed E-state index contributed by atoms with van der Waals surface area (Å²) < 4.78 is 65.6. The van der Waals surface area contributed by atoms with E-state index in [1.54, 1.807) is 12.1 Å². The number of hydrogen-bond donors (Lipinski definition) is 3. The number of anilines is 3. The summed E-state index contributed by atoms with van der Waals surface area (Å²) in [6, 6.07) is 7.76. The van der Waals surface area contributed by atoms with E-state index >= 15 is 0 Å². The number of H-pyrrole nitrogens is 1. The Morgan fingerprint density at radius 3 is 2.42 bits per heavy atom. The van der Waals surface area contributed by atoms with Crippen molar-refractivity contribution in [2.24, 2.45) is 0 Å². The van der Waals surface area contributed by atoms with Crippen LogP contribution in [-0.4, -0.2) is 75.2 Å². The largest absolute Gasteiger partial charge is 0.495 e. The molecule has 13 nitrogen and oxygen atoms in total. The highest BCUT2D eigenvalue weighted by Crippen LogP contribution is 2.41. The lowest BCUT2D eigenvalue weighted by Gasteiger charge is -2.29. The maximum absolute atomic E-state index is 13.9. The molecule has 1 aliphatic carbocycles. The van der Waals surface area contributed by atoms with Crippen LogP contribution in [0.4, 0.5) is 21.7 Å². The van der Waals surface area contributed by atoms with Crippen LogP contribution in [0.5, 0.6) is 17.2 Å². The number of rotatable bonds is 10. The molecule has 15 heteroatoms. The number of aromatic nitrogens is 3. The number of fused-ring (bicyclic) bond motifs is 1. The summed E-state index contributed by atoms with van der Waals surface area (Å²) in [6.45, 7) is 0.364. The van der Waals surface area contributed by atoms with Crippen LogP contribution < -0.4 is 24.2 Å². The van der Waals surface area contributed by atoms with Gasteiger partial charge in [0.25, 0.3) is 15.9 Å². The lowest BCUT2D eigenvalue weighted by molar-refractivity contribution is 0.0635. The number of hydrogen-bond acceptors (Lipinski definition) is 10. The first-order valence-electron chi connectivity index (χ1n) is 13.7. The lowest BCUT2D eigenvalue weighted by atomic mass is 10.1. The Morgan fingerprint density at radius 2 is 1.77 bits per heavy atom. The van der Waals surface area contributed by atoms with Crippen molar-refractivity contribution in [3.05, 3.63) is 41.6 Å². The molecule has 2 aromatic heterocycles. The Morgan fingerprint density at radius 1 is 1.05 bits per heavy atom. The van der Waals surface area contributed by atoms with E-state index in [0.29, 0.717) is 47.9 Å². The number of halogens is 1. The van der Waals surface area contributed by atoms with Gasteiger partial charge in [0.2, 0.25) is 0 Å². The van der Waals surface area contributed by atoms with Gasteiger partial charge in [-0.2, -0.15) is 5.10 Å². The third kappa shape index (κ3) is 5.63. The molecule has 3 heterocycles. The Kier molecular flexibility index (Phi) is 7.50. The number of likely N-dealkylation sites (tertiary alicyclic amines) is 1. The van der Waals surface area contributed by atoms with Gasteiger partial charge in [-0.25, -0.2) is 12.8 Å². The van der Waals surface area contributed by atoms with Crippen molar-refractivity contribution in [1.82, 2.24) is 20.3 Å². The monoisotopic (exact) mass is 614 g/mol. The molecule has 1 atom stereocenters. The summed E-state index contributed by atoms with van der Waals surface area (Å²) in [5.41, 5.74) is 2.00. The molecule has 43 heavy (non-hydrogen) atoms. The minimum absolute atomic E-state index is 0.0335. The van der Waals surface area contributed by atoms with Crippen molar-refractivity contribution in [3.63, 3.8) is 0 Å². The number of methoxy groups -OCH3 is 3. The highest BCUT2D eigenvalue weighted by atomic mass is 32.2. The van der Waals surface area contributed by atoms with E-state index in [1.807, 2.05) is 6.07 Å². The minimum atomic E-state index is -4.39. The van der Waals surface area contributed by atoms with Crippen LogP contribution in [0.25, 0.3) is 11.0 Å². The van der Waals surface area contributed by atoms with Crippen LogP contribution in [0.1, 0.15) is 47.7 Å².